The van der Waals surface area contributed by atoms with Crippen molar-refractivity contribution in [3.8, 4) is 5.75 Å². The molecule has 0 radical (unpaired) electrons. The smallest absolute Gasteiger partial charge is 0.484 e. The fourth-order valence-electron chi connectivity index (χ4n) is 2.35. The number of benzene rings is 1. The summed E-state index contributed by atoms with van der Waals surface area (Å²) in [6.07, 6.45) is -0.899. The van der Waals surface area contributed by atoms with E-state index in [1.165, 1.54) is 7.05 Å². The molecule has 1 aromatic rings. The summed E-state index contributed by atoms with van der Waals surface area (Å²) < 4.78 is 10.6. The molecule has 0 saturated carbocycles. The van der Waals surface area contributed by atoms with Crippen LogP contribution >= 0.6 is 0 Å². The van der Waals surface area contributed by atoms with Crippen molar-refractivity contribution in [2.24, 2.45) is 0 Å². The van der Waals surface area contributed by atoms with E-state index < -0.39 is 19.2 Å². The number of carboxylic acid groups (broad SMARTS) is 1. The average Bonchev–Trinajstić information content (AvgIpc) is 2.72. The van der Waals surface area contributed by atoms with Crippen molar-refractivity contribution in [1.82, 2.24) is 5.32 Å². The number of likely N-dealkylation sites (N-methyl/N-ethyl adjacent to an activating group) is 1. The SMILES string of the molecule is CNC(=O)COc1cc(C)c2c(c1)B(O)OC2CC(=O)O. The lowest BCUT2D eigenvalue weighted by Crippen LogP contribution is -2.29. The first-order valence-electron chi connectivity index (χ1n) is 6.45. The van der Waals surface area contributed by atoms with E-state index in [9.17, 15) is 14.6 Å². The van der Waals surface area contributed by atoms with Gasteiger partial charge in [-0.05, 0) is 35.6 Å². The van der Waals surface area contributed by atoms with Crippen LogP contribution in [0, 0.1) is 6.92 Å². The lowest BCUT2D eigenvalue weighted by atomic mass is 9.77. The molecule has 21 heavy (non-hydrogen) atoms. The topological polar surface area (TPSA) is 105 Å². The third kappa shape index (κ3) is 3.34. The molecule has 0 bridgehead atoms. The second kappa shape index (κ2) is 6.15. The molecule has 8 heteroatoms. The first-order chi connectivity index (χ1) is 9.92. The minimum atomic E-state index is -1.19. The molecule has 112 valence electrons. The number of carboxylic acids is 1. The summed E-state index contributed by atoms with van der Waals surface area (Å²) in [5.74, 6) is -0.846. The Hall–Kier alpha value is -2.06. The Balaban J connectivity index is 2.24. The number of hydrogen-bond acceptors (Lipinski definition) is 5. The van der Waals surface area contributed by atoms with E-state index in [0.29, 0.717) is 16.8 Å². The summed E-state index contributed by atoms with van der Waals surface area (Å²) in [4.78, 5) is 22.0. The summed E-state index contributed by atoms with van der Waals surface area (Å²) in [7, 11) is 0.319. The van der Waals surface area contributed by atoms with Crippen LogP contribution in [0.2, 0.25) is 0 Å². The lowest BCUT2D eigenvalue weighted by molar-refractivity contribution is -0.139. The molecule has 0 aliphatic carbocycles. The molecule has 7 nitrogen and oxygen atoms in total. The van der Waals surface area contributed by atoms with Gasteiger partial charge in [-0.15, -0.1) is 0 Å². The van der Waals surface area contributed by atoms with Gasteiger partial charge in [-0.25, -0.2) is 0 Å². The Kier molecular flexibility index (Phi) is 4.49. The van der Waals surface area contributed by atoms with Crippen molar-refractivity contribution in [2.75, 3.05) is 13.7 Å². The first-order valence-corrected chi connectivity index (χ1v) is 6.45. The van der Waals surface area contributed by atoms with Crippen LogP contribution in [0.1, 0.15) is 23.7 Å². The summed E-state index contributed by atoms with van der Waals surface area (Å²) in [6, 6.07) is 3.26. The van der Waals surface area contributed by atoms with Crippen LogP contribution in [0.4, 0.5) is 0 Å². The number of carbonyl (C=O) groups is 2. The maximum absolute atomic E-state index is 11.2. The second-order valence-corrected chi connectivity index (χ2v) is 4.78. The molecule has 2 rings (SSSR count). The molecular formula is C13H16BNO6. The van der Waals surface area contributed by atoms with Crippen molar-refractivity contribution in [1.29, 1.82) is 0 Å². The third-order valence-electron chi connectivity index (χ3n) is 3.28. The summed E-state index contributed by atoms with van der Waals surface area (Å²) in [5, 5.41) is 21.2. The summed E-state index contributed by atoms with van der Waals surface area (Å²) in [6.45, 7) is 1.64. The van der Waals surface area contributed by atoms with Gasteiger partial charge in [0.15, 0.2) is 6.61 Å². The van der Waals surface area contributed by atoms with Crippen LogP contribution in [-0.4, -0.2) is 42.8 Å². The van der Waals surface area contributed by atoms with Crippen molar-refractivity contribution >= 4 is 24.5 Å². The number of aryl methyl sites for hydroxylation is 1. The van der Waals surface area contributed by atoms with Crippen molar-refractivity contribution in [3.63, 3.8) is 0 Å². The van der Waals surface area contributed by atoms with E-state index in [0.717, 1.165) is 5.56 Å². The molecule has 1 aliphatic rings. The second-order valence-electron chi connectivity index (χ2n) is 4.78. The van der Waals surface area contributed by atoms with E-state index in [4.69, 9.17) is 14.5 Å². The van der Waals surface area contributed by atoms with Gasteiger partial charge in [-0.1, -0.05) is 0 Å². The molecule has 0 aromatic heterocycles. The number of amides is 1. The Morgan fingerprint density at radius 2 is 2.19 bits per heavy atom. The number of rotatable bonds is 5. The molecule has 0 fully saturated rings. The van der Waals surface area contributed by atoms with Crippen LogP contribution in [0.3, 0.4) is 0 Å². The molecule has 1 unspecified atom stereocenters. The van der Waals surface area contributed by atoms with Gasteiger partial charge in [0, 0.05) is 7.05 Å². The molecule has 3 N–H and O–H groups in total. The summed E-state index contributed by atoms with van der Waals surface area (Å²) in [5.41, 5.74) is 1.90. The van der Waals surface area contributed by atoms with E-state index in [1.807, 2.05) is 0 Å². The van der Waals surface area contributed by atoms with Gasteiger partial charge in [0.25, 0.3) is 5.91 Å². The molecule has 1 atom stereocenters. The lowest BCUT2D eigenvalue weighted by Gasteiger charge is -2.13. The van der Waals surface area contributed by atoms with Crippen LogP contribution in [-0.2, 0) is 14.2 Å². The number of ether oxygens (including phenoxy) is 1. The molecule has 1 heterocycles. The monoisotopic (exact) mass is 293 g/mol. The molecular weight excluding hydrogens is 277 g/mol. The molecule has 1 aromatic carbocycles. The highest BCUT2D eigenvalue weighted by molar-refractivity contribution is 6.62. The molecule has 0 saturated heterocycles. The van der Waals surface area contributed by atoms with Crippen LogP contribution in [0.25, 0.3) is 0 Å². The Morgan fingerprint density at radius 1 is 1.48 bits per heavy atom. The zero-order chi connectivity index (χ0) is 15.6. The Bertz CT molecular complexity index is 576. The van der Waals surface area contributed by atoms with Crippen LogP contribution in [0.15, 0.2) is 12.1 Å². The van der Waals surface area contributed by atoms with Gasteiger partial charge >= 0.3 is 13.1 Å². The van der Waals surface area contributed by atoms with E-state index in [-0.39, 0.29) is 18.9 Å². The fourth-order valence-corrected chi connectivity index (χ4v) is 2.35. The fraction of sp³-hybridized carbons (Fsp3) is 0.385. The predicted octanol–water partition coefficient (Wildman–Crippen LogP) is -0.647. The molecule has 1 amide bonds. The van der Waals surface area contributed by atoms with E-state index in [2.05, 4.69) is 5.32 Å². The first kappa shape index (κ1) is 15.3. The van der Waals surface area contributed by atoms with Gasteiger partial charge in [-0.2, -0.15) is 0 Å². The maximum Gasteiger partial charge on any atom is 0.492 e. The standard InChI is InChI=1S/C13H16BNO6/c1-7-3-8(20-6-11(16)15-2)4-9-13(7)10(5-12(17)18)21-14(9)19/h3-4,10,19H,5-6H2,1-2H3,(H,15,16)(H,17,18). The minimum Gasteiger partial charge on any atom is -0.484 e. The zero-order valence-electron chi connectivity index (χ0n) is 11.8. The zero-order valence-corrected chi connectivity index (χ0v) is 11.8. The highest BCUT2D eigenvalue weighted by Crippen LogP contribution is 2.31. The predicted molar refractivity (Wildman–Crippen MR) is 74.4 cm³/mol. The highest BCUT2D eigenvalue weighted by atomic mass is 16.5. The number of aliphatic carboxylic acids is 1. The average molecular weight is 293 g/mol. The summed E-state index contributed by atoms with van der Waals surface area (Å²) >= 11 is 0. The molecule has 1 aliphatic heterocycles. The Morgan fingerprint density at radius 3 is 2.81 bits per heavy atom. The highest BCUT2D eigenvalue weighted by Gasteiger charge is 2.37. The minimum absolute atomic E-state index is 0.135. The number of hydrogen-bond donors (Lipinski definition) is 3. The van der Waals surface area contributed by atoms with Crippen LogP contribution < -0.4 is 15.5 Å². The number of fused-ring (bicyclic) bond motifs is 1. The normalized spacial score (nSPS) is 16.5. The molecule has 0 spiro atoms. The number of carbonyl (C=O) groups excluding carboxylic acids is 1. The van der Waals surface area contributed by atoms with Gasteiger partial charge in [-0.3, -0.25) is 9.59 Å². The van der Waals surface area contributed by atoms with E-state index in [1.54, 1.807) is 19.1 Å². The van der Waals surface area contributed by atoms with Gasteiger partial charge < -0.3 is 24.8 Å². The van der Waals surface area contributed by atoms with Gasteiger partial charge in [0.2, 0.25) is 0 Å². The quantitative estimate of drug-likeness (QED) is 0.623. The largest absolute Gasteiger partial charge is 0.492 e. The van der Waals surface area contributed by atoms with Crippen molar-refractivity contribution in [2.45, 2.75) is 19.4 Å². The van der Waals surface area contributed by atoms with Crippen molar-refractivity contribution in [3.05, 3.63) is 23.3 Å². The maximum atomic E-state index is 11.2. The van der Waals surface area contributed by atoms with E-state index >= 15 is 0 Å². The van der Waals surface area contributed by atoms with Crippen LogP contribution in [0.5, 0.6) is 5.75 Å². The van der Waals surface area contributed by atoms with Gasteiger partial charge in [0.05, 0.1) is 12.5 Å². The Labute approximate surface area is 122 Å². The number of nitrogens with one attached hydrogen (secondary N) is 1. The third-order valence-corrected chi connectivity index (χ3v) is 3.28. The van der Waals surface area contributed by atoms with Crippen molar-refractivity contribution < 1.29 is 29.1 Å². The van der Waals surface area contributed by atoms with Gasteiger partial charge in [0.1, 0.15) is 5.75 Å².